The number of nitrogens with zero attached hydrogens (tertiary/aromatic N) is 1. The van der Waals surface area contributed by atoms with Gasteiger partial charge >= 0.3 is 6.03 Å². The van der Waals surface area contributed by atoms with Crippen molar-refractivity contribution in [2.45, 2.75) is 13.8 Å². The van der Waals surface area contributed by atoms with Crippen LogP contribution in [0.3, 0.4) is 0 Å². The molecule has 98 valence electrons. The Bertz CT molecular complexity index is 265. The Morgan fingerprint density at radius 2 is 1.76 bits per heavy atom. The van der Waals surface area contributed by atoms with E-state index in [1.165, 1.54) is 0 Å². The van der Waals surface area contributed by atoms with Crippen molar-refractivity contribution >= 4 is 23.7 Å². The smallest absolute Gasteiger partial charge is 0.317 e. The highest BCUT2D eigenvalue weighted by atomic mass is 32.2. The van der Waals surface area contributed by atoms with Crippen molar-refractivity contribution in [1.29, 1.82) is 0 Å². The van der Waals surface area contributed by atoms with Gasteiger partial charge in [0.05, 0.1) is 0 Å². The lowest BCUT2D eigenvalue weighted by Crippen LogP contribution is -2.46. The molecule has 1 heterocycles. The van der Waals surface area contributed by atoms with Gasteiger partial charge in [0.25, 0.3) is 0 Å². The summed E-state index contributed by atoms with van der Waals surface area (Å²) in [6.45, 7) is 6.30. The molecule has 6 heteroatoms. The molecule has 1 saturated heterocycles. The largest absolute Gasteiger partial charge is 0.354 e. The summed E-state index contributed by atoms with van der Waals surface area (Å²) in [5.41, 5.74) is 0. The maximum atomic E-state index is 11.7. The molecule has 0 aromatic carbocycles. The summed E-state index contributed by atoms with van der Waals surface area (Å²) < 4.78 is 0. The van der Waals surface area contributed by atoms with Crippen LogP contribution in [0, 0.1) is 5.92 Å². The molecule has 17 heavy (non-hydrogen) atoms. The van der Waals surface area contributed by atoms with Crippen LogP contribution in [0.1, 0.15) is 13.8 Å². The molecule has 0 aliphatic carbocycles. The number of carbonyl (C=O) groups excluding carboxylic acids is 2. The normalized spacial score (nSPS) is 15.8. The zero-order valence-corrected chi connectivity index (χ0v) is 11.3. The number of rotatable bonds is 4. The zero-order valence-electron chi connectivity index (χ0n) is 10.5. The third-order valence-corrected chi connectivity index (χ3v) is 3.47. The van der Waals surface area contributed by atoms with E-state index in [1.54, 1.807) is 0 Å². The first kappa shape index (κ1) is 14.2. The minimum atomic E-state index is -0.0240. The Kier molecular flexibility index (Phi) is 6.18. The standard InChI is InChI=1S/C11H21N3O2S/c1-9(2)10(15)12-3-4-13-11(16)14-5-7-17-8-6-14/h9H,3-8H2,1-2H3,(H,12,15)(H,13,16). The highest BCUT2D eigenvalue weighted by molar-refractivity contribution is 7.99. The molecular weight excluding hydrogens is 238 g/mol. The van der Waals surface area contributed by atoms with Crippen molar-refractivity contribution in [2.24, 2.45) is 5.92 Å². The summed E-state index contributed by atoms with van der Waals surface area (Å²) in [5, 5.41) is 5.57. The topological polar surface area (TPSA) is 61.4 Å². The van der Waals surface area contributed by atoms with Crippen LogP contribution < -0.4 is 10.6 Å². The van der Waals surface area contributed by atoms with Crippen LogP contribution in [-0.2, 0) is 4.79 Å². The van der Waals surface area contributed by atoms with E-state index in [0.29, 0.717) is 13.1 Å². The second kappa shape index (κ2) is 7.42. The monoisotopic (exact) mass is 259 g/mol. The molecule has 0 unspecified atom stereocenters. The van der Waals surface area contributed by atoms with Gasteiger partial charge in [-0.25, -0.2) is 4.79 Å². The Hall–Kier alpha value is -0.910. The fourth-order valence-electron chi connectivity index (χ4n) is 1.44. The minimum absolute atomic E-state index is 0.00943. The molecule has 0 bridgehead atoms. The first-order valence-electron chi connectivity index (χ1n) is 5.99. The summed E-state index contributed by atoms with van der Waals surface area (Å²) in [6.07, 6.45) is 0. The molecule has 0 spiro atoms. The molecule has 0 radical (unpaired) electrons. The third-order valence-electron chi connectivity index (χ3n) is 2.52. The van der Waals surface area contributed by atoms with E-state index in [9.17, 15) is 9.59 Å². The van der Waals surface area contributed by atoms with Crippen LogP contribution in [0.4, 0.5) is 4.79 Å². The van der Waals surface area contributed by atoms with E-state index in [4.69, 9.17) is 0 Å². The second-order valence-electron chi connectivity index (χ2n) is 4.28. The van der Waals surface area contributed by atoms with Crippen molar-refractivity contribution in [3.05, 3.63) is 0 Å². The summed E-state index contributed by atoms with van der Waals surface area (Å²) >= 11 is 1.87. The van der Waals surface area contributed by atoms with Gasteiger partial charge in [0, 0.05) is 43.6 Å². The lowest BCUT2D eigenvalue weighted by atomic mass is 10.2. The van der Waals surface area contributed by atoms with E-state index in [1.807, 2.05) is 30.5 Å². The Morgan fingerprint density at radius 1 is 1.18 bits per heavy atom. The predicted molar refractivity (Wildman–Crippen MR) is 70.1 cm³/mol. The number of nitrogens with one attached hydrogen (secondary N) is 2. The molecule has 1 aliphatic rings. The highest BCUT2D eigenvalue weighted by Crippen LogP contribution is 2.08. The van der Waals surface area contributed by atoms with Crippen molar-refractivity contribution in [1.82, 2.24) is 15.5 Å². The first-order chi connectivity index (χ1) is 8.11. The number of urea groups is 1. The quantitative estimate of drug-likeness (QED) is 0.724. The van der Waals surface area contributed by atoms with Crippen molar-refractivity contribution in [2.75, 3.05) is 37.7 Å². The van der Waals surface area contributed by atoms with Gasteiger partial charge in [-0.2, -0.15) is 11.8 Å². The summed E-state index contributed by atoms with van der Waals surface area (Å²) in [6, 6.07) is -0.0240. The number of thioether (sulfide) groups is 1. The van der Waals surface area contributed by atoms with E-state index in [-0.39, 0.29) is 17.9 Å². The highest BCUT2D eigenvalue weighted by Gasteiger charge is 2.15. The average molecular weight is 259 g/mol. The van der Waals surface area contributed by atoms with E-state index in [2.05, 4.69) is 10.6 Å². The van der Waals surface area contributed by atoms with Crippen LogP contribution in [0.25, 0.3) is 0 Å². The van der Waals surface area contributed by atoms with Gasteiger partial charge < -0.3 is 15.5 Å². The minimum Gasteiger partial charge on any atom is -0.354 e. The van der Waals surface area contributed by atoms with Gasteiger partial charge in [-0.15, -0.1) is 0 Å². The Balaban J connectivity index is 2.09. The summed E-state index contributed by atoms with van der Waals surface area (Å²) in [4.78, 5) is 24.7. The van der Waals surface area contributed by atoms with Gasteiger partial charge in [0.15, 0.2) is 0 Å². The van der Waals surface area contributed by atoms with Crippen LogP contribution >= 0.6 is 11.8 Å². The van der Waals surface area contributed by atoms with Crippen LogP contribution in [-0.4, -0.2) is 54.5 Å². The van der Waals surface area contributed by atoms with Crippen molar-refractivity contribution in [3.8, 4) is 0 Å². The molecule has 0 aromatic heterocycles. The van der Waals surface area contributed by atoms with E-state index in [0.717, 1.165) is 24.6 Å². The van der Waals surface area contributed by atoms with Gasteiger partial charge in [-0.3, -0.25) is 4.79 Å². The van der Waals surface area contributed by atoms with Crippen LogP contribution in [0.2, 0.25) is 0 Å². The molecule has 0 aromatic rings. The molecule has 2 N–H and O–H groups in total. The average Bonchev–Trinajstić information content (AvgIpc) is 2.35. The number of hydrogen-bond donors (Lipinski definition) is 2. The SMILES string of the molecule is CC(C)C(=O)NCCNC(=O)N1CCSCC1. The maximum Gasteiger partial charge on any atom is 0.317 e. The summed E-state index contributed by atoms with van der Waals surface area (Å²) in [7, 11) is 0. The number of hydrogen-bond acceptors (Lipinski definition) is 3. The molecule has 1 aliphatic heterocycles. The molecule has 3 amide bonds. The number of carbonyl (C=O) groups is 2. The van der Waals surface area contributed by atoms with Gasteiger partial charge in [-0.05, 0) is 0 Å². The molecule has 5 nitrogen and oxygen atoms in total. The zero-order chi connectivity index (χ0) is 12.7. The Labute approximate surface area is 107 Å². The van der Waals surface area contributed by atoms with Gasteiger partial charge in [0.2, 0.25) is 5.91 Å². The molecule has 1 fully saturated rings. The maximum absolute atomic E-state index is 11.7. The third kappa shape index (κ3) is 5.30. The fraction of sp³-hybridized carbons (Fsp3) is 0.818. The molecule has 1 rings (SSSR count). The van der Waals surface area contributed by atoms with Crippen LogP contribution in [0.15, 0.2) is 0 Å². The fourth-order valence-corrected chi connectivity index (χ4v) is 2.34. The van der Waals surface area contributed by atoms with E-state index >= 15 is 0 Å². The van der Waals surface area contributed by atoms with Crippen molar-refractivity contribution < 1.29 is 9.59 Å². The van der Waals surface area contributed by atoms with Crippen LogP contribution in [0.5, 0.6) is 0 Å². The summed E-state index contributed by atoms with van der Waals surface area (Å²) in [5.74, 6) is 2.04. The lowest BCUT2D eigenvalue weighted by molar-refractivity contribution is -0.123. The molecule has 0 atom stereocenters. The van der Waals surface area contributed by atoms with Gasteiger partial charge in [0.1, 0.15) is 0 Å². The molecular formula is C11H21N3O2S. The first-order valence-corrected chi connectivity index (χ1v) is 7.15. The predicted octanol–water partition coefficient (Wildman–Crippen LogP) is 0.517. The second-order valence-corrected chi connectivity index (χ2v) is 5.50. The molecule has 0 saturated carbocycles. The van der Waals surface area contributed by atoms with Crippen molar-refractivity contribution in [3.63, 3.8) is 0 Å². The lowest BCUT2D eigenvalue weighted by Gasteiger charge is -2.26. The number of amides is 3. The van der Waals surface area contributed by atoms with E-state index < -0.39 is 0 Å². The Morgan fingerprint density at radius 3 is 2.35 bits per heavy atom. The van der Waals surface area contributed by atoms with Gasteiger partial charge in [-0.1, -0.05) is 13.8 Å².